The van der Waals surface area contributed by atoms with Crippen LogP contribution in [0.3, 0.4) is 0 Å². The molecule has 0 unspecified atom stereocenters. The van der Waals surface area contributed by atoms with Crippen LogP contribution in [0.25, 0.3) is 0 Å². The van der Waals surface area contributed by atoms with Crippen molar-refractivity contribution in [1.82, 2.24) is 10.2 Å². The fraction of sp³-hybridized carbons (Fsp3) is 0.579. The molecule has 28 heavy (non-hydrogen) atoms. The smallest absolute Gasteiger partial charge is 0.341 e. The lowest BCUT2D eigenvalue weighted by Gasteiger charge is -2.34. The van der Waals surface area contributed by atoms with E-state index in [2.05, 4.69) is 17.0 Å². The van der Waals surface area contributed by atoms with Crippen LogP contribution in [0.15, 0.2) is 16.7 Å². The van der Waals surface area contributed by atoms with Crippen molar-refractivity contribution in [3.05, 3.63) is 23.7 Å². The zero-order valence-electron chi connectivity index (χ0n) is 16.0. The third kappa shape index (κ3) is 3.74. The Hall–Kier alpha value is -2.84. The number of methoxy groups -OCH3 is 1. The lowest BCUT2D eigenvalue weighted by atomic mass is 9.75. The van der Waals surface area contributed by atoms with E-state index < -0.39 is 30.1 Å². The van der Waals surface area contributed by atoms with Crippen LogP contribution in [0.4, 0.5) is 4.79 Å². The first-order valence-corrected chi connectivity index (χ1v) is 9.34. The Balaban J connectivity index is 1.57. The summed E-state index contributed by atoms with van der Waals surface area (Å²) in [5.74, 6) is -1.07. The number of nitrogens with zero attached hydrogens (tertiary/aromatic N) is 1. The monoisotopic (exact) mass is 392 g/mol. The van der Waals surface area contributed by atoms with E-state index in [-0.39, 0.29) is 23.8 Å². The summed E-state index contributed by atoms with van der Waals surface area (Å²) >= 11 is 0. The van der Waals surface area contributed by atoms with Gasteiger partial charge >= 0.3 is 18.0 Å². The average molecular weight is 392 g/mol. The molecule has 0 atom stereocenters. The summed E-state index contributed by atoms with van der Waals surface area (Å²) in [5, 5.41) is 2.77. The molecule has 0 bridgehead atoms. The topological polar surface area (TPSA) is 115 Å². The minimum absolute atomic E-state index is 0.131. The van der Waals surface area contributed by atoms with Crippen molar-refractivity contribution in [3.63, 3.8) is 0 Å². The first-order chi connectivity index (χ1) is 13.4. The van der Waals surface area contributed by atoms with Crippen LogP contribution in [0.2, 0.25) is 0 Å². The van der Waals surface area contributed by atoms with Crippen LogP contribution in [0, 0.1) is 5.92 Å². The van der Waals surface area contributed by atoms with Gasteiger partial charge in [-0.1, -0.05) is 13.3 Å². The highest BCUT2D eigenvalue weighted by Gasteiger charge is 2.52. The van der Waals surface area contributed by atoms with Crippen LogP contribution in [0.5, 0.6) is 0 Å². The van der Waals surface area contributed by atoms with Gasteiger partial charge in [0.25, 0.3) is 5.91 Å². The van der Waals surface area contributed by atoms with Crippen LogP contribution in [0.1, 0.15) is 55.1 Å². The predicted octanol–water partition coefficient (Wildman–Crippen LogP) is 2.00. The van der Waals surface area contributed by atoms with Gasteiger partial charge in [0.2, 0.25) is 0 Å². The van der Waals surface area contributed by atoms with E-state index in [9.17, 15) is 19.2 Å². The highest BCUT2D eigenvalue weighted by molar-refractivity contribution is 6.08. The molecule has 1 N–H and O–H groups in total. The second-order valence-corrected chi connectivity index (χ2v) is 7.16. The quantitative estimate of drug-likeness (QED) is 0.581. The average Bonchev–Trinajstić information content (AvgIpc) is 3.25. The first kappa shape index (κ1) is 19.9. The van der Waals surface area contributed by atoms with Crippen molar-refractivity contribution in [2.45, 2.75) is 51.2 Å². The fourth-order valence-corrected chi connectivity index (χ4v) is 3.80. The number of ether oxygens (including phenoxy) is 2. The molecule has 2 aliphatic rings. The number of urea groups is 1. The van der Waals surface area contributed by atoms with E-state index in [0.717, 1.165) is 24.2 Å². The molecule has 0 aromatic carbocycles. The maximum Gasteiger partial charge on any atom is 0.341 e. The van der Waals surface area contributed by atoms with Crippen molar-refractivity contribution in [1.29, 1.82) is 0 Å². The molecule has 1 saturated heterocycles. The Labute approximate surface area is 162 Å². The fourth-order valence-electron chi connectivity index (χ4n) is 3.80. The second-order valence-electron chi connectivity index (χ2n) is 7.16. The van der Waals surface area contributed by atoms with E-state index in [4.69, 9.17) is 9.15 Å². The molecule has 1 aliphatic heterocycles. The highest BCUT2D eigenvalue weighted by Crippen LogP contribution is 2.37. The molecule has 3 amide bonds. The van der Waals surface area contributed by atoms with Gasteiger partial charge in [0.15, 0.2) is 5.76 Å². The van der Waals surface area contributed by atoms with Gasteiger partial charge in [-0.3, -0.25) is 14.5 Å². The third-order valence-electron chi connectivity index (χ3n) is 5.58. The van der Waals surface area contributed by atoms with Gasteiger partial charge < -0.3 is 19.2 Å². The van der Waals surface area contributed by atoms with Crippen molar-refractivity contribution < 1.29 is 33.1 Å². The summed E-state index contributed by atoms with van der Waals surface area (Å²) in [4.78, 5) is 49.7. The molecule has 2 heterocycles. The lowest BCUT2D eigenvalue weighted by Crippen LogP contribution is -2.49. The summed E-state index contributed by atoms with van der Waals surface area (Å²) < 4.78 is 14.8. The van der Waals surface area contributed by atoms with E-state index >= 15 is 0 Å². The number of carbonyl (C=O) groups excluding carboxylic acids is 4. The van der Waals surface area contributed by atoms with Crippen LogP contribution >= 0.6 is 0 Å². The van der Waals surface area contributed by atoms with Crippen molar-refractivity contribution in [3.8, 4) is 0 Å². The third-order valence-corrected chi connectivity index (χ3v) is 5.58. The molecular formula is C19H24N2O7. The SMILES string of the molecule is CCC1CCC2(CC1)NC(=O)N(CC(=O)OCc1occc1C(=O)OC)C2=O. The molecule has 2 fully saturated rings. The summed E-state index contributed by atoms with van der Waals surface area (Å²) in [6, 6.07) is 0.827. The van der Waals surface area contributed by atoms with E-state index in [0.29, 0.717) is 18.8 Å². The normalized spacial score (nSPS) is 24.4. The minimum Gasteiger partial charge on any atom is -0.465 e. The number of furan rings is 1. The molecule has 152 valence electrons. The maximum atomic E-state index is 12.8. The van der Waals surface area contributed by atoms with E-state index in [1.165, 1.54) is 19.4 Å². The van der Waals surface area contributed by atoms with E-state index in [1.807, 2.05) is 0 Å². The molecule has 9 heteroatoms. The molecule has 1 spiro atoms. The second kappa shape index (κ2) is 8.04. The maximum absolute atomic E-state index is 12.8. The Morgan fingerprint density at radius 2 is 2.04 bits per heavy atom. The largest absolute Gasteiger partial charge is 0.465 e. The number of imide groups is 1. The zero-order valence-corrected chi connectivity index (χ0v) is 16.0. The molecule has 1 aromatic rings. The molecule has 1 aliphatic carbocycles. The number of hydrogen-bond donors (Lipinski definition) is 1. The Bertz CT molecular complexity index is 777. The molecule has 9 nitrogen and oxygen atoms in total. The van der Waals surface area contributed by atoms with Gasteiger partial charge in [0, 0.05) is 0 Å². The Kier molecular flexibility index (Phi) is 5.71. The summed E-state index contributed by atoms with van der Waals surface area (Å²) in [6.45, 7) is 1.33. The minimum atomic E-state index is -0.901. The Morgan fingerprint density at radius 1 is 1.32 bits per heavy atom. The van der Waals surface area contributed by atoms with E-state index in [1.54, 1.807) is 0 Å². The van der Waals surface area contributed by atoms with Gasteiger partial charge in [0.05, 0.1) is 13.4 Å². The van der Waals surface area contributed by atoms with Gasteiger partial charge in [0.1, 0.15) is 24.3 Å². The summed E-state index contributed by atoms with van der Waals surface area (Å²) in [5.41, 5.74) is -0.751. The van der Waals surface area contributed by atoms with Crippen LogP contribution in [-0.2, 0) is 25.7 Å². The zero-order chi connectivity index (χ0) is 20.3. The predicted molar refractivity (Wildman–Crippen MR) is 95.1 cm³/mol. The van der Waals surface area contributed by atoms with Crippen molar-refractivity contribution in [2.24, 2.45) is 5.92 Å². The molecule has 1 aromatic heterocycles. The van der Waals surface area contributed by atoms with Gasteiger partial charge in [-0.25, -0.2) is 9.59 Å². The highest BCUT2D eigenvalue weighted by atomic mass is 16.5. The standard InChI is InChI=1S/C19H24N2O7/c1-3-12-4-7-19(8-5-12)17(24)21(18(25)20-19)10-15(22)28-11-14-13(6-9-27-14)16(23)26-2/h6,9,12H,3-5,7-8,10-11H2,1-2H3,(H,20,25). The number of nitrogens with one attached hydrogen (secondary N) is 1. The molecule has 1 saturated carbocycles. The number of rotatable bonds is 6. The van der Waals surface area contributed by atoms with Crippen LogP contribution in [-0.4, -0.2) is 48.0 Å². The number of carbonyl (C=O) groups is 4. The molecule has 0 radical (unpaired) electrons. The summed E-state index contributed by atoms with van der Waals surface area (Å²) in [6.07, 6.45) is 5.23. The van der Waals surface area contributed by atoms with Gasteiger partial charge in [-0.2, -0.15) is 0 Å². The van der Waals surface area contributed by atoms with Gasteiger partial charge in [-0.05, 0) is 37.7 Å². The molecular weight excluding hydrogens is 368 g/mol. The lowest BCUT2D eigenvalue weighted by molar-refractivity contribution is -0.149. The van der Waals surface area contributed by atoms with Crippen molar-refractivity contribution >= 4 is 23.9 Å². The molecule has 3 rings (SSSR count). The first-order valence-electron chi connectivity index (χ1n) is 9.34. The van der Waals surface area contributed by atoms with Crippen LogP contribution < -0.4 is 5.32 Å². The number of esters is 2. The van der Waals surface area contributed by atoms with Gasteiger partial charge in [-0.15, -0.1) is 0 Å². The number of hydrogen-bond acceptors (Lipinski definition) is 7. The Morgan fingerprint density at radius 3 is 2.68 bits per heavy atom. The number of amides is 3. The summed E-state index contributed by atoms with van der Waals surface area (Å²) in [7, 11) is 1.23. The van der Waals surface area contributed by atoms with Crippen molar-refractivity contribution in [2.75, 3.05) is 13.7 Å².